The van der Waals surface area contributed by atoms with Crippen molar-refractivity contribution < 1.29 is 24.1 Å². The molecule has 1 aromatic carbocycles. The Bertz CT molecular complexity index is 433. The summed E-state index contributed by atoms with van der Waals surface area (Å²) in [6.45, 7) is 1.88. The highest BCUT2D eigenvalue weighted by molar-refractivity contribution is 9.10. The molecular formula is C12H15BrO5. The summed E-state index contributed by atoms with van der Waals surface area (Å²) in [4.78, 5) is 11.5. The van der Waals surface area contributed by atoms with Crippen molar-refractivity contribution in [1.29, 1.82) is 0 Å². The zero-order valence-corrected chi connectivity index (χ0v) is 12.0. The molecule has 5 nitrogen and oxygen atoms in total. The van der Waals surface area contributed by atoms with E-state index >= 15 is 0 Å². The molecule has 0 fully saturated rings. The van der Waals surface area contributed by atoms with E-state index in [2.05, 4.69) is 15.9 Å². The Morgan fingerprint density at radius 3 is 2.39 bits per heavy atom. The predicted molar refractivity (Wildman–Crippen MR) is 68.8 cm³/mol. The van der Waals surface area contributed by atoms with Gasteiger partial charge in [0.05, 0.1) is 20.8 Å². The number of esters is 1. The van der Waals surface area contributed by atoms with Gasteiger partial charge in [-0.15, -0.1) is 0 Å². The normalized spacial score (nSPS) is 11.8. The van der Waals surface area contributed by atoms with Crippen LogP contribution in [-0.2, 0) is 9.53 Å². The van der Waals surface area contributed by atoms with Crippen LogP contribution >= 0.6 is 15.9 Å². The number of hydrogen-bond donors (Lipinski definition) is 1. The van der Waals surface area contributed by atoms with Crippen LogP contribution in [0.4, 0.5) is 0 Å². The minimum atomic E-state index is -1.36. The van der Waals surface area contributed by atoms with Gasteiger partial charge in [0.25, 0.3) is 0 Å². The standard InChI is InChI=1S/C12H15BrO5/c1-4-18-12(15)11(14)7-5-9(16-2)10(17-3)6-8(7)13/h5-6,11,14H,4H2,1-3H3. The lowest BCUT2D eigenvalue weighted by Gasteiger charge is -2.15. The first kappa shape index (κ1) is 14.8. The maximum absolute atomic E-state index is 11.5. The van der Waals surface area contributed by atoms with Gasteiger partial charge in [0, 0.05) is 10.0 Å². The summed E-state index contributed by atoms with van der Waals surface area (Å²) < 4.78 is 15.5. The van der Waals surface area contributed by atoms with E-state index in [1.54, 1.807) is 13.0 Å². The summed E-state index contributed by atoms with van der Waals surface area (Å²) in [6, 6.07) is 3.15. The molecule has 1 N–H and O–H groups in total. The zero-order valence-electron chi connectivity index (χ0n) is 10.4. The maximum atomic E-state index is 11.5. The number of aliphatic hydroxyl groups is 1. The van der Waals surface area contributed by atoms with Gasteiger partial charge in [0.15, 0.2) is 17.6 Å². The summed E-state index contributed by atoms with van der Waals surface area (Å²) in [6.07, 6.45) is -1.36. The number of halogens is 1. The average Bonchev–Trinajstić information content (AvgIpc) is 2.37. The van der Waals surface area contributed by atoms with E-state index in [4.69, 9.17) is 14.2 Å². The molecule has 0 saturated carbocycles. The fourth-order valence-electron chi connectivity index (χ4n) is 1.43. The van der Waals surface area contributed by atoms with Gasteiger partial charge in [0.1, 0.15) is 0 Å². The number of carbonyl (C=O) groups is 1. The molecule has 0 spiro atoms. The molecule has 18 heavy (non-hydrogen) atoms. The van der Waals surface area contributed by atoms with Gasteiger partial charge >= 0.3 is 5.97 Å². The molecule has 0 radical (unpaired) electrons. The smallest absolute Gasteiger partial charge is 0.339 e. The number of benzene rings is 1. The van der Waals surface area contributed by atoms with Crippen molar-refractivity contribution >= 4 is 21.9 Å². The lowest BCUT2D eigenvalue weighted by molar-refractivity contribution is -0.153. The van der Waals surface area contributed by atoms with Gasteiger partial charge in [-0.1, -0.05) is 15.9 Å². The molecule has 0 saturated heterocycles. The van der Waals surface area contributed by atoms with Crippen LogP contribution in [0.1, 0.15) is 18.6 Å². The Hall–Kier alpha value is -1.27. The number of methoxy groups -OCH3 is 2. The van der Waals surface area contributed by atoms with E-state index in [1.807, 2.05) is 0 Å². The molecule has 1 aromatic rings. The fourth-order valence-corrected chi connectivity index (χ4v) is 1.97. The number of aliphatic hydroxyl groups excluding tert-OH is 1. The van der Waals surface area contributed by atoms with Gasteiger partial charge in [-0.2, -0.15) is 0 Å². The molecule has 0 amide bonds. The Morgan fingerprint density at radius 2 is 1.89 bits per heavy atom. The third-order valence-electron chi connectivity index (χ3n) is 2.31. The Balaban J connectivity index is 3.12. The molecule has 100 valence electrons. The van der Waals surface area contributed by atoms with Crippen LogP contribution in [0.15, 0.2) is 16.6 Å². The van der Waals surface area contributed by atoms with Crippen molar-refractivity contribution in [1.82, 2.24) is 0 Å². The third-order valence-corrected chi connectivity index (χ3v) is 2.99. The van der Waals surface area contributed by atoms with Gasteiger partial charge in [0.2, 0.25) is 0 Å². The Labute approximate surface area is 114 Å². The number of hydrogen-bond acceptors (Lipinski definition) is 5. The van der Waals surface area contributed by atoms with Gasteiger partial charge < -0.3 is 19.3 Å². The van der Waals surface area contributed by atoms with Gasteiger partial charge in [-0.25, -0.2) is 4.79 Å². The topological polar surface area (TPSA) is 65.0 Å². The number of carbonyl (C=O) groups excluding carboxylic acids is 1. The van der Waals surface area contributed by atoms with Crippen LogP contribution in [0.25, 0.3) is 0 Å². The van der Waals surface area contributed by atoms with Crippen molar-refractivity contribution in [2.45, 2.75) is 13.0 Å². The fraction of sp³-hybridized carbons (Fsp3) is 0.417. The van der Waals surface area contributed by atoms with Crippen LogP contribution in [-0.4, -0.2) is 31.9 Å². The van der Waals surface area contributed by atoms with E-state index < -0.39 is 12.1 Å². The summed E-state index contributed by atoms with van der Waals surface area (Å²) >= 11 is 3.27. The molecule has 0 aliphatic rings. The van der Waals surface area contributed by atoms with Crippen molar-refractivity contribution in [3.8, 4) is 11.5 Å². The van der Waals surface area contributed by atoms with Crippen molar-refractivity contribution in [2.75, 3.05) is 20.8 Å². The molecule has 0 aliphatic heterocycles. The third kappa shape index (κ3) is 3.14. The molecule has 0 aromatic heterocycles. The molecule has 0 aliphatic carbocycles. The minimum Gasteiger partial charge on any atom is -0.493 e. The maximum Gasteiger partial charge on any atom is 0.339 e. The molecule has 1 unspecified atom stereocenters. The van der Waals surface area contributed by atoms with E-state index in [-0.39, 0.29) is 6.61 Å². The van der Waals surface area contributed by atoms with Crippen molar-refractivity contribution in [3.63, 3.8) is 0 Å². The largest absolute Gasteiger partial charge is 0.493 e. The van der Waals surface area contributed by atoms with Crippen molar-refractivity contribution in [2.24, 2.45) is 0 Å². The Kier molecular flexibility index (Phi) is 5.43. The van der Waals surface area contributed by atoms with E-state index in [0.717, 1.165) is 0 Å². The van der Waals surface area contributed by atoms with Crippen LogP contribution < -0.4 is 9.47 Å². The van der Waals surface area contributed by atoms with E-state index in [9.17, 15) is 9.90 Å². The molecule has 0 heterocycles. The molecule has 1 rings (SSSR count). The van der Waals surface area contributed by atoms with Crippen LogP contribution in [0.3, 0.4) is 0 Å². The summed E-state index contributed by atoms with van der Waals surface area (Å²) in [5.41, 5.74) is 0.367. The number of ether oxygens (including phenoxy) is 3. The van der Waals surface area contributed by atoms with Crippen LogP contribution in [0, 0.1) is 0 Å². The zero-order chi connectivity index (χ0) is 13.7. The monoisotopic (exact) mass is 318 g/mol. The first-order chi connectivity index (χ1) is 8.54. The first-order valence-electron chi connectivity index (χ1n) is 5.31. The molecule has 6 heteroatoms. The minimum absolute atomic E-state index is 0.209. The SMILES string of the molecule is CCOC(=O)C(O)c1cc(OC)c(OC)cc1Br. The highest BCUT2D eigenvalue weighted by Crippen LogP contribution is 2.36. The number of rotatable bonds is 5. The van der Waals surface area contributed by atoms with Crippen molar-refractivity contribution in [3.05, 3.63) is 22.2 Å². The summed E-state index contributed by atoms with van der Waals surface area (Å²) in [5, 5.41) is 9.88. The lowest BCUT2D eigenvalue weighted by atomic mass is 10.1. The first-order valence-corrected chi connectivity index (χ1v) is 6.10. The van der Waals surface area contributed by atoms with Crippen LogP contribution in [0.5, 0.6) is 11.5 Å². The highest BCUT2D eigenvalue weighted by Gasteiger charge is 2.23. The second-order valence-electron chi connectivity index (χ2n) is 3.38. The molecule has 0 bridgehead atoms. The highest BCUT2D eigenvalue weighted by atomic mass is 79.9. The van der Waals surface area contributed by atoms with E-state index in [1.165, 1.54) is 20.3 Å². The van der Waals surface area contributed by atoms with Gasteiger partial charge in [-0.05, 0) is 19.1 Å². The van der Waals surface area contributed by atoms with Crippen LogP contribution in [0.2, 0.25) is 0 Å². The summed E-state index contributed by atoms with van der Waals surface area (Å²) in [7, 11) is 2.98. The predicted octanol–water partition coefficient (Wildman–Crippen LogP) is 2.06. The second-order valence-corrected chi connectivity index (χ2v) is 4.24. The molecule has 1 atom stereocenters. The quantitative estimate of drug-likeness (QED) is 0.842. The van der Waals surface area contributed by atoms with E-state index in [0.29, 0.717) is 21.5 Å². The van der Waals surface area contributed by atoms with Gasteiger partial charge in [-0.3, -0.25) is 0 Å². The lowest BCUT2D eigenvalue weighted by Crippen LogP contribution is -2.16. The second kappa shape index (κ2) is 6.61. The summed E-state index contributed by atoms with van der Waals surface area (Å²) in [5.74, 6) is 0.230. The Morgan fingerprint density at radius 1 is 1.33 bits per heavy atom. The average molecular weight is 319 g/mol. The molecular weight excluding hydrogens is 304 g/mol.